The highest BCUT2D eigenvalue weighted by Gasteiger charge is 2.09. The number of benzene rings is 2. The Hall–Kier alpha value is -2.93. The van der Waals surface area contributed by atoms with Crippen LogP contribution in [0.25, 0.3) is 11.1 Å². The lowest BCUT2D eigenvalue weighted by atomic mass is 10.3. The van der Waals surface area contributed by atoms with Crippen molar-refractivity contribution in [1.82, 2.24) is 4.98 Å². The normalized spacial score (nSPS) is 10.5. The van der Waals surface area contributed by atoms with Gasteiger partial charge in [-0.2, -0.15) is 0 Å². The first-order valence-corrected chi connectivity index (χ1v) is 6.97. The first kappa shape index (κ1) is 15.0. The zero-order valence-electron chi connectivity index (χ0n) is 12.0. The number of nitrogens with one attached hydrogen (secondary N) is 3. The van der Waals surface area contributed by atoms with Crippen molar-refractivity contribution in [3.8, 4) is 5.75 Å². The number of aromatic nitrogens is 1. The second kappa shape index (κ2) is 6.05. The highest BCUT2D eigenvalue weighted by atomic mass is 35.5. The number of amides is 2. The summed E-state index contributed by atoms with van der Waals surface area (Å²) in [5.74, 6) is -0.0677. The maximum atomic E-state index is 12.1. The standard InChI is InChI=1S/C15H12ClN3O4/c1-22-12-5-2-8(16)6-11(12)18-14(20)17-9-3-4-10-13(7-9)23-15(21)19-10/h2-7H,1H3,(H,19,21)(H2,17,18,20). The van der Waals surface area contributed by atoms with E-state index in [4.69, 9.17) is 20.8 Å². The number of anilines is 2. The van der Waals surface area contributed by atoms with Crippen LogP contribution in [0.2, 0.25) is 5.02 Å². The quantitative estimate of drug-likeness (QED) is 0.684. The van der Waals surface area contributed by atoms with Crippen molar-refractivity contribution < 1.29 is 13.9 Å². The molecule has 0 spiro atoms. The van der Waals surface area contributed by atoms with Crippen molar-refractivity contribution in [2.75, 3.05) is 17.7 Å². The molecule has 1 aromatic heterocycles. The largest absolute Gasteiger partial charge is 0.495 e. The lowest BCUT2D eigenvalue weighted by molar-refractivity contribution is 0.262. The number of ether oxygens (including phenoxy) is 1. The SMILES string of the molecule is COc1ccc(Cl)cc1NC(=O)Nc1ccc2[nH]c(=O)oc2c1. The molecule has 0 radical (unpaired) electrons. The van der Waals surface area contributed by atoms with E-state index in [-0.39, 0.29) is 0 Å². The van der Waals surface area contributed by atoms with Crippen LogP contribution in [-0.2, 0) is 0 Å². The van der Waals surface area contributed by atoms with Gasteiger partial charge in [0.15, 0.2) is 5.58 Å². The third-order valence-electron chi connectivity index (χ3n) is 3.09. The van der Waals surface area contributed by atoms with Gasteiger partial charge in [-0.1, -0.05) is 11.6 Å². The van der Waals surface area contributed by atoms with Gasteiger partial charge in [-0.05, 0) is 30.3 Å². The van der Waals surface area contributed by atoms with Gasteiger partial charge in [0.05, 0.1) is 18.3 Å². The number of hydrogen-bond donors (Lipinski definition) is 3. The number of urea groups is 1. The van der Waals surface area contributed by atoms with Crippen molar-refractivity contribution in [2.24, 2.45) is 0 Å². The molecule has 8 heteroatoms. The molecule has 0 atom stereocenters. The highest BCUT2D eigenvalue weighted by Crippen LogP contribution is 2.27. The molecule has 3 N–H and O–H groups in total. The fraction of sp³-hybridized carbons (Fsp3) is 0.0667. The van der Waals surface area contributed by atoms with Crippen LogP contribution in [0.3, 0.4) is 0 Å². The number of methoxy groups -OCH3 is 1. The molecule has 23 heavy (non-hydrogen) atoms. The molecule has 2 amide bonds. The van der Waals surface area contributed by atoms with Crippen LogP contribution >= 0.6 is 11.6 Å². The molecular weight excluding hydrogens is 322 g/mol. The highest BCUT2D eigenvalue weighted by molar-refractivity contribution is 6.31. The summed E-state index contributed by atoms with van der Waals surface area (Å²) >= 11 is 5.91. The molecular formula is C15H12ClN3O4. The van der Waals surface area contributed by atoms with E-state index in [1.54, 1.807) is 36.4 Å². The second-order valence-corrected chi connectivity index (χ2v) is 5.09. The Morgan fingerprint density at radius 3 is 2.83 bits per heavy atom. The van der Waals surface area contributed by atoms with Crippen LogP contribution in [0, 0.1) is 0 Å². The molecule has 118 valence electrons. The number of carbonyl (C=O) groups excluding carboxylic acids is 1. The van der Waals surface area contributed by atoms with Gasteiger partial charge < -0.3 is 19.8 Å². The first-order chi connectivity index (χ1) is 11.0. The minimum atomic E-state index is -0.551. The monoisotopic (exact) mass is 333 g/mol. The van der Waals surface area contributed by atoms with E-state index in [0.717, 1.165) is 0 Å². The molecule has 0 fully saturated rings. The average Bonchev–Trinajstić information content (AvgIpc) is 2.86. The van der Waals surface area contributed by atoms with E-state index in [9.17, 15) is 9.59 Å². The fourth-order valence-corrected chi connectivity index (χ4v) is 2.26. The number of halogens is 1. The Morgan fingerprint density at radius 2 is 2.04 bits per heavy atom. The predicted molar refractivity (Wildman–Crippen MR) is 87.5 cm³/mol. The van der Waals surface area contributed by atoms with Crippen molar-refractivity contribution in [3.05, 3.63) is 52.0 Å². The van der Waals surface area contributed by atoms with Gasteiger partial charge in [0, 0.05) is 16.8 Å². The van der Waals surface area contributed by atoms with Gasteiger partial charge in [0.25, 0.3) is 0 Å². The van der Waals surface area contributed by atoms with Gasteiger partial charge >= 0.3 is 11.8 Å². The lowest BCUT2D eigenvalue weighted by Gasteiger charge is -2.11. The summed E-state index contributed by atoms with van der Waals surface area (Å²) in [6.45, 7) is 0. The smallest absolute Gasteiger partial charge is 0.417 e. The maximum absolute atomic E-state index is 12.1. The first-order valence-electron chi connectivity index (χ1n) is 6.59. The summed E-state index contributed by atoms with van der Waals surface area (Å²) < 4.78 is 10.1. The number of H-pyrrole nitrogens is 1. The molecule has 3 rings (SSSR count). The summed E-state index contributed by atoms with van der Waals surface area (Å²) in [5, 5.41) is 5.75. The zero-order valence-corrected chi connectivity index (χ0v) is 12.7. The molecule has 0 aliphatic heterocycles. The number of fused-ring (bicyclic) bond motifs is 1. The predicted octanol–water partition coefficient (Wildman–Crippen LogP) is 3.43. The van der Waals surface area contributed by atoms with Crippen molar-refractivity contribution in [1.29, 1.82) is 0 Å². The van der Waals surface area contributed by atoms with E-state index >= 15 is 0 Å². The minimum Gasteiger partial charge on any atom is -0.495 e. The maximum Gasteiger partial charge on any atom is 0.417 e. The lowest BCUT2D eigenvalue weighted by Crippen LogP contribution is -2.19. The molecule has 7 nitrogen and oxygen atoms in total. The van der Waals surface area contributed by atoms with Gasteiger partial charge in [0.2, 0.25) is 0 Å². The Bertz CT molecular complexity index is 932. The molecule has 0 saturated carbocycles. The summed E-state index contributed by atoms with van der Waals surface area (Å²) in [6, 6.07) is 9.22. The number of hydrogen-bond acceptors (Lipinski definition) is 4. The van der Waals surface area contributed by atoms with Gasteiger partial charge in [-0.25, -0.2) is 9.59 Å². The molecule has 0 aliphatic carbocycles. The molecule has 0 aliphatic rings. The average molecular weight is 334 g/mol. The van der Waals surface area contributed by atoms with Crippen LogP contribution in [0.5, 0.6) is 5.75 Å². The van der Waals surface area contributed by atoms with Gasteiger partial charge in [-0.15, -0.1) is 0 Å². The van der Waals surface area contributed by atoms with Crippen LogP contribution in [-0.4, -0.2) is 18.1 Å². The molecule has 0 saturated heterocycles. The molecule has 3 aromatic rings. The van der Waals surface area contributed by atoms with E-state index < -0.39 is 11.8 Å². The number of aromatic amines is 1. The van der Waals surface area contributed by atoms with Gasteiger partial charge in [0.1, 0.15) is 5.75 Å². The number of oxazole rings is 1. The summed E-state index contributed by atoms with van der Waals surface area (Å²) in [5.41, 5.74) is 1.82. The van der Waals surface area contributed by atoms with E-state index in [1.165, 1.54) is 7.11 Å². The van der Waals surface area contributed by atoms with E-state index in [2.05, 4.69) is 15.6 Å². The third-order valence-corrected chi connectivity index (χ3v) is 3.32. The molecule has 0 unspecified atom stereocenters. The minimum absolute atomic E-state index is 0.355. The Kier molecular flexibility index (Phi) is 3.94. The third kappa shape index (κ3) is 3.29. The topological polar surface area (TPSA) is 96.4 Å². The van der Waals surface area contributed by atoms with Crippen molar-refractivity contribution >= 4 is 40.1 Å². The van der Waals surface area contributed by atoms with Crippen molar-refractivity contribution in [2.45, 2.75) is 0 Å². The summed E-state index contributed by atoms with van der Waals surface area (Å²) in [4.78, 5) is 25.7. The molecule has 1 heterocycles. The van der Waals surface area contributed by atoms with E-state index in [1.807, 2.05) is 0 Å². The van der Waals surface area contributed by atoms with Crippen molar-refractivity contribution in [3.63, 3.8) is 0 Å². The summed E-state index contributed by atoms with van der Waals surface area (Å²) in [7, 11) is 1.49. The Balaban J connectivity index is 1.78. The Labute approximate surface area is 135 Å². The Morgan fingerprint density at radius 1 is 1.22 bits per heavy atom. The fourth-order valence-electron chi connectivity index (χ4n) is 2.09. The zero-order chi connectivity index (χ0) is 16.4. The van der Waals surface area contributed by atoms with Crippen LogP contribution < -0.4 is 21.1 Å². The van der Waals surface area contributed by atoms with Gasteiger partial charge in [-0.3, -0.25) is 4.98 Å². The van der Waals surface area contributed by atoms with Crippen LogP contribution in [0.15, 0.2) is 45.6 Å². The molecule has 2 aromatic carbocycles. The van der Waals surface area contributed by atoms with Crippen LogP contribution in [0.4, 0.5) is 16.2 Å². The number of rotatable bonds is 3. The summed E-state index contributed by atoms with van der Waals surface area (Å²) in [6.07, 6.45) is 0. The number of carbonyl (C=O) groups is 1. The second-order valence-electron chi connectivity index (χ2n) is 4.65. The molecule has 0 bridgehead atoms. The van der Waals surface area contributed by atoms with E-state index in [0.29, 0.717) is 33.2 Å². The van der Waals surface area contributed by atoms with Crippen LogP contribution in [0.1, 0.15) is 0 Å².